The molecule has 86 valence electrons. The summed E-state index contributed by atoms with van der Waals surface area (Å²) >= 11 is 0. The zero-order chi connectivity index (χ0) is 12.0. The first-order valence-electron chi connectivity index (χ1n) is 4.78. The van der Waals surface area contributed by atoms with Crippen molar-refractivity contribution in [1.29, 1.82) is 0 Å². The highest BCUT2D eigenvalue weighted by Crippen LogP contribution is 2.46. The van der Waals surface area contributed by atoms with Crippen molar-refractivity contribution in [3.8, 4) is 0 Å². The van der Waals surface area contributed by atoms with Crippen molar-refractivity contribution in [2.75, 3.05) is 6.61 Å². The Morgan fingerprint density at radius 2 is 2.06 bits per heavy atom. The Balaban J connectivity index is 3.02. The Morgan fingerprint density at radius 1 is 1.44 bits per heavy atom. The lowest BCUT2D eigenvalue weighted by Gasteiger charge is -2.16. The Hall–Kier alpha value is -1.38. The summed E-state index contributed by atoms with van der Waals surface area (Å²) < 4.78 is 22.1. The molecule has 5 heteroatoms. The van der Waals surface area contributed by atoms with Gasteiger partial charge < -0.3 is 4.52 Å². The van der Waals surface area contributed by atoms with Crippen molar-refractivity contribution >= 4 is 18.9 Å². The molecule has 0 aromatic heterocycles. The van der Waals surface area contributed by atoms with E-state index in [1.165, 1.54) is 0 Å². The lowest BCUT2D eigenvalue weighted by molar-refractivity contribution is -0.129. The second kappa shape index (κ2) is 5.64. The minimum absolute atomic E-state index is 0.191. The van der Waals surface area contributed by atoms with Crippen LogP contribution in [-0.4, -0.2) is 12.6 Å². The van der Waals surface area contributed by atoms with E-state index in [1.54, 1.807) is 37.3 Å². The molecule has 1 unspecified atom stereocenters. The third-order valence-corrected chi connectivity index (χ3v) is 3.70. The SMILES string of the molecule is C=CC(=O)OP(=O)(OCC)c1ccccc1. The van der Waals surface area contributed by atoms with Gasteiger partial charge in [0.2, 0.25) is 0 Å². The van der Waals surface area contributed by atoms with Crippen molar-refractivity contribution in [1.82, 2.24) is 0 Å². The lowest BCUT2D eigenvalue weighted by atomic mass is 10.4. The van der Waals surface area contributed by atoms with Crippen molar-refractivity contribution in [3.05, 3.63) is 43.0 Å². The molecule has 0 aliphatic heterocycles. The van der Waals surface area contributed by atoms with Gasteiger partial charge >= 0.3 is 13.6 Å². The van der Waals surface area contributed by atoms with Crippen LogP contribution < -0.4 is 5.30 Å². The molecule has 16 heavy (non-hydrogen) atoms. The van der Waals surface area contributed by atoms with Gasteiger partial charge in [0.05, 0.1) is 11.9 Å². The van der Waals surface area contributed by atoms with Crippen LogP contribution in [0, 0.1) is 0 Å². The van der Waals surface area contributed by atoms with Gasteiger partial charge in [-0.25, -0.2) is 9.36 Å². The number of rotatable bonds is 5. The Kier molecular flexibility index (Phi) is 4.47. The van der Waals surface area contributed by atoms with E-state index in [0.717, 1.165) is 6.08 Å². The van der Waals surface area contributed by atoms with Gasteiger partial charge in [-0.05, 0) is 19.1 Å². The first-order valence-corrected chi connectivity index (χ1v) is 6.33. The summed E-state index contributed by atoms with van der Waals surface area (Å²) in [6.07, 6.45) is 0.953. The molecule has 1 aromatic carbocycles. The number of hydrogen-bond acceptors (Lipinski definition) is 4. The van der Waals surface area contributed by atoms with Gasteiger partial charge in [-0.15, -0.1) is 0 Å². The Bertz CT molecular complexity index is 413. The standard InChI is InChI=1S/C11H13O4P/c1-3-11(12)15-16(13,14-4-2)10-8-6-5-7-9-10/h3,5-9H,1,4H2,2H3. The highest BCUT2D eigenvalue weighted by molar-refractivity contribution is 7.62. The van der Waals surface area contributed by atoms with Crippen LogP contribution in [0.5, 0.6) is 0 Å². The zero-order valence-electron chi connectivity index (χ0n) is 8.96. The van der Waals surface area contributed by atoms with E-state index in [9.17, 15) is 9.36 Å². The molecule has 1 atom stereocenters. The number of hydrogen-bond donors (Lipinski definition) is 0. The minimum Gasteiger partial charge on any atom is -0.385 e. The van der Waals surface area contributed by atoms with Gasteiger partial charge in [0.15, 0.2) is 0 Å². The Labute approximate surface area is 94.4 Å². The van der Waals surface area contributed by atoms with Crippen LogP contribution in [0.4, 0.5) is 0 Å². The van der Waals surface area contributed by atoms with Crippen LogP contribution >= 0.6 is 7.60 Å². The smallest absolute Gasteiger partial charge is 0.385 e. The van der Waals surface area contributed by atoms with E-state index in [4.69, 9.17) is 9.05 Å². The molecule has 1 aromatic rings. The molecule has 4 nitrogen and oxygen atoms in total. The summed E-state index contributed by atoms with van der Waals surface area (Å²) in [7, 11) is -3.57. The average Bonchev–Trinajstić information content (AvgIpc) is 2.30. The Morgan fingerprint density at radius 3 is 2.56 bits per heavy atom. The molecule has 0 radical (unpaired) electrons. The van der Waals surface area contributed by atoms with Gasteiger partial charge in [0.25, 0.3) is 0 Å². The quantitative estimate of drug-likeness (QED) is 0.585. The summed E-state index contributed by atoms with van der Waals surface area (Å²) in [5.41, 5.74) is 0. The van der Waals surface area contributed by atoms with Crippen LogP contribution in [-0.2, 0) is 18.4 Å². The van der Waals surface area contributed by atoms with Crippen LogP contribution in [0.25, 0.3) is 0 Å². The molecule has 0 heterocycles. The van der Waals surface area contributed by atoms with E-state index in [2.05, 4.69) is 6.58 Å². The van der Waals surface area contributed by atoms with E-state index in [0.29, 0.717) is 5.30 Å². The maximum Gasteiger partial charge on any atom is 0.413 e. The predicted molar refractivity (Wildman–Crippen MR) is 61.6 cm³/mol. The summed E-state index contributed by atoms with van der Waals surface area (Å²) in [6, 6.07) is 8.35. The fourth-order valence-electron chi connectivity index (χ4n) is 1.09. The largest absolute Gasteiger partial charge is 0.413 e. The molecule has 0 spiro atoms. The molecule has 0 aliphatic rings. The summed E-state index contributed by atoms with van der Waals surface area (Å²) in [5.74, 6) is -0.763. The highest BCUT2D eigenvalue weighted by atomic mass is 31.2. The number of benzene rings is 1. The number of carbonyl (C=O) groups excluding carboxylic acids is 1. The molecule has 0 N–H and O–H groups in total. The summed E-state index contributed by atoms with van der Waals surface area (Å²) in [5, 5.41) is 0.354. The van der Waals surface area contributed by atoms with Crippen LogP contribution in [0.2, 0.25) is 0 Å². The van der Waals surface area contributed by atoms with Crippen molar-refractivity contribution in [2.45, 2.75) is 6.92 Å². The maximum atomic E-state index is 12.3. The third-order valence-electron chi connectivity index (χ3n) is 1.75. The second-order valence-corrected chi connectivity index (χ2v) is 4.82. The van der Waals surface area contributed by atoms with Crippen LogP contribution in [0.15, 0.2) is 43.0 Å². The average molecular weight is 240 g/mol. The molecule has 0 amide bonds. The molecule has 0 bridgehead atoms. The lowest BCUT2D eigenvalue weighted by Crippen LogP contribution is -2.12. The molecule has 0 saturated carbocycles. The minimum atomic E-state index is -3.57. The second-order valence-electron chi connectivity index (χ2n) is 2.87. The zero-order valence-corrected chi connectivity index (χ0v) is 9.85. The topological polar surface area (TPSA) is 52.6 Å². The van der Waals surface area contributed by atoms with Crippen LogP contribution in [0.3, 0.4) is 0 Å². The van der Waals surface area contributed by atoms with E-state index >= 15 is 0 Å². The molecule has 0 saturated heterocycles. The number of carbonyl (C=O) groups is 1. The van der Waals surface area contributed by atoms with Gasteiger partial charge in [0.1, 0.15) is 0 Å². The van der Waals surface area contributed by atoms with E-state index < -0.39 is 13.6 Å². The molecular weight excluding hydrogens is 227 g/mol. The van der Waals surface area contributed by atoms with Crippen molar-refractivity contribution in [3.63, 3.8) is 0 Å². The third kappa shape index (κ3) is 3.05. The van der Waals surface area contributed by atoms with Gasteiger partial charge in [-0.2, -0.15) is 0 Å². The van der Waals surface area contributed by atoms with Crippen molar-refractivity contribution < 1.29 is 18.4 Å². The summed E-state index contributed by atoms with van der Waals surface area (Å²) in [6.45, 7) is 5.12. The first-order chi connectivity index (χ1) is 7.62. The maximum absolute atomic E-state index is 12.3. The van der Waals surface area contributed by atoms with Gasteiger partial charge in [-0.1, -0.05) is 24.8 Å². The normalized spacial score (nSPS) is 13.8. The van der Waals surface area contributed by atoms with E-state index in [-0.39, 0.29) is 6.61 Å². The fraction of sp³-hybridized carbons (Fsp3) is 0.182. The molecule has 1 rings (SSSR count). The molecule has 0 aliphatic carbocycles. The van der Waals surface area contributed by atoms with E-state index in [1.807, 2.05) is 0 Å². The van der Waals surface area contributed by atoms with Crippen molar-refractivity contribution in [2.24, 2.45) is 0 Å². The molecule has 0 fully saturated rings. The highest BCUT2D eigenvalue weighted by Gasteiger charge is 2.29. The monoisotopic (exact) mass is 240 g/mol. The predicted octanol–water partition coefficient (Wildman–Crippen LogP) is 2.27. The summed E-state index contributed by atoms with van der Waals surface area (Å²) in [4.78, 5) is 11.1. The van der Waals surface area contributed by atoms with Gasteiger partial charge in [0, 0.05) is 6.08 Å². The fourth-order valence-corrected chi connectivity index (χ4v) is 2.59. The molecular formula is C11H13O4P. The first kappa shape index (κ1) is 12.7. The van der Waals surface area contributed by atoms with Crippen LogP contribution in [0.1, 0.15) is 6.92 Å². The van der Waals surface area contributed by atoms with Gasteiger partial charge in [-0.3, -0.25) is 4.52 Å².